The van der Waals surface area contributed by atoms with E-state index in [0.29, 0.717) is 11.3 Å². The number of benzene rings is 1. The molecule has 0 aliphatic rings. The highest BCUT2D eigenvalue weighted by Gasteiger charge is 2.19. The van der Waals surface area contributed by atoms with Gasteiger partial charge in [-0.05, 0) is 19.1 Å². The van der Waals surface area contributed by atoms with E-state index in [9.17, 15) is 14.4 Å². The van der Waals surface area contributed by atoms with Gasteiger partial charge in [-0.15, -0.1) is 0 Å². The number of para-hydroxylation sites is 1. The molecule has 0 spiro atoms. The molecular weight excluding hydrogens is 284 g/mol. The quantitative estimate of drug-likeness (QED) is 0.574. The molecule has 22 heavy (non-hydrogen) atoms. The van der Waals surface area contributed by atoms with Gasteiger partial charge in [0.05, 0.1) is 17.2 Å². The van der Waals surface area contributed by atoms with Crippen molar-refractivity contribution >= 4 is 23.4 Å². The van der Waals surface area contributed by atoms with Crippen molar-refractivity contribution in [2.24, 2.45) is 17.4 Å². The molecule has 0 heterocycles. The minimum absolute atomic E-state index is 0.0575. The summed E-state index contributed by atoms with van der Waals surface area (Å²) in [6.45, 7) is 3.61. The molecule has 2 atom stereocenters. The van der Waals surface area contributed by atoms with Crippen LogP contribution in [0.2, 0.25) is 0 Å². The van der Waals surface area contributed by atoms with Crippen molar-refractivity contribution in [2.45, 2.75) is 26.3 Å². The summed E-state index contributed by atoms with van der Waals surface area (Å²) in [7, 11) is 0. The Morgan fingerprint density at radius 3 is 2.41 bits per heavy atom. The number of hydrogen-bond acceptors (Lipinski definition) is 4. The van der Waals surface area contributed by atoms with Crippen LogP contribution in [0.1, 0.15) is 30.6 Å². The van der Waals surface area contributed by atoms with Crippen LogP contribution in [0.25, 0.3) is 0 Å². The number of carbonyl (C=O) groups excluding carboxylic acids is 3. The summed E-state index contributed by atoms with van der Waals surface area (Å²) in [6.07, 6.45) is 0.0575. The average Bonchev–Trinajstić information content (AvgIpc) is 2.46. The predicted octanol–water partition coefficient (Wildman–Crippen LogP) is 0.214. The second-order valence-corrected chi connectivity index (χ2v) is 5.15. The zero-order valence-corrected chi connectivity index (χ0v) is 12.8. The maximum atomic E-state index is 12.1. The molecule has 120 valence electrons. The van der Waals surface area contributed by atoms with E-state index in [1.807, 2.05) is 0 Å². The van der Waals surface area contributed by atoms with Crippen LogP contribution >= 0.6 is 0 Å². The van der Waals surface area contributed by atoms with Crippen molar-refractivity contribution in [3.8, 4) is 0 Å². The van der Waals surface area contributed by atoms with Crippen LogP contribution in [0.5, 0.6) is 0 Å². The van der Waals surface area contributed by atoms with Gasteiger partial charge in [-0.2, -0.15) is 0 Å². The molecule has 0 saturated heterocycles. The first-order chi connectivity index (χ1) is 10.3. The van der Waals surface area contributed by atoms with Gasteiger partial charge in [0.2, 0.25) is 11.8 Å². The number of rotatable bonds is 7. The molecule has 0 saturated carbocycles. The Balaban J connectivity index is 2.79. The summed E-state index contributed by atoms with van der Waals surface area (Å²) in [5, 5.41) is 5.28. The lowest BCUT2D eigenvalue weighted by molar-refractivity contribution is -0.120. The Bertz CT molecular complexity index is 557. The van der Waals surface area contributed by atoms with Crippen molar-refractivity contribution in [2.75, 3.05) is 11.9 Å². The Hall–Kier alpha value is -2.41. The molecule has 6 N–H and O–H groups in total. The normalized spacial score (nSPS) is 13.0. The van der Waals surface area contributed by atoms with Gasteiger partial charge in [0, 0.05) is 19.0 Å². The summed E-state index contributed by atoms with van der Waals surface area (Å²) in [6, 6.07) is 6.33. The number of primary amides is 1. The standard InChI is InChI=1S/C15H22N4O3/c1-9(10(2)16)14(21)19-12-6-4-3-5-11(12)15(22)18-8-7-13(17)20/h3-6,9-10H,7-8,16H2,1-2H3,(H2,17,20)(H,18,22)(H,19,21). The summed E-state index contributed by atoms with van der Waals surface area (Å²) in [5.41, 5.74) is 11.4. The maximum absolute atomic E-state index is 12.1. The second kappa shape index (κ2) is 8.14. The van der Waals surface area contributed by atoms with Crippen LogP contribution in [0.3, 0.4) is 0 Å². The SMILES string of the molecule is CC(N)C(C)C(=O)Nc1ccccc1C(=O)NCCC(N)=O. The molecule has 1 aromatic rings. The topological polar surface area (TPSA) is 127 Å². The van der Waals surface area contributed by atoms with Crippen LogP contribution in [-0.2, 0) is 9.59 Å². The lowest BCUT2D eigenvalue weighted by Gasteiger charge is -2.17. The molecule has 0 aliphatic heterocycles. The maximum Gasteiger partial charge on any atom is 0.253 e. The van der Waals surface area contributed by atoms with Crippen molar-refractivity contribution < 1.29 is 14.4 Å². The van der Waals surface area contributed by atoms with Crippen molar-refractivity contribution in [3.05, 3.63) is 29.8 Å². The molecule has 7 nitrogen and oxygen atoms in total. The first-order valence-corrected chi connectivity index (χ1v) is 7.05. The summed E-state index contributed by atoms with van der Waals surface area (Å²) < 4.78 is 0. The van der Waals surface area contributed by atoms with Crippen LogP contribution < -0.4 is 22.1 Å². The molecule has 0 bridgehead atoms. The average molecular weight is 306 g/mol. The number of nitrogens with one attached hydrogen (secondary N) is 2. The van der Waals surface area contributed by atoms with Crippen molar-refractivity contribution in [1.82, 2.24) is 5.32 Å². The molecular formula is C15H22N4O3. The number of nitrogens with two attached hydrogens (primary N) is 2. The number of amides is 3. The molecule has 3 amide bonds. The zero-order chi connectivity index (χ0) is 16.7. The van der Waals surface area contributed by atoms with Crippen molar-refractivity contribution in [3.63, 3.8) is 0 Å². The summed E-state index contributed by atoms with van der Waals surface area (Å²) in [5.74, 6) is -1.52. The van der Waals surface area contributed by atoms with Gasteiger partial charge in [-0.3, -0.25) is 14.4 Å². The van der Waals surface area contributed by atoms with Gasteiger partial charge in [0.1, 0.15) is 0 Å². The molecule has 1 aromatic carbocycles. The molecule has 2 unspecified atom stereocenters. The third-order valence-corrected chi connectivity index (χ3v) is 3.29. The third kappa shape index (κ3) is 5.17. The Morgan fingerprint density at radius 1 is 1.18 bits per heavy atom. The Kier molecular flexibility index (Phi) is 6.52. The summed E-state index contributed by atoms with van der Waals surface area (Å²) in [4.78, 5) is 34.8. The smallest absolute Gasteiger partial charge is 0.253 e. The number of carbonyl (C=O) groups is 3. The molecule has 0 fully saturated rings. The first-order valence-electron chi connectivity index (χ1n) is 7.05. The number of anilines is 1. The van der Waals surface area contributed by atoms with E-state index >= 15 is 0 Å². The van der Waals surface area contributed by atoms with Gasteiger partial charge in [-0.1, -0.05) is 19.1 Å². The van der Waals surface area contributed by atoms with E-state index in [1.165, 1.54) is 0 Å². The highest BCUT2D eigenvalue weighted by molar-refractivity contribution is 6.04. The first kappa shape index (κ1) is 17.6. The van der Waals surface area contributed by atoms with E-state index in [2.05, 4.69) is 10.6 Å². The summed E-state index contributed by atoms with van der Waals surface area (Å²) >= 11 is 0. The van der Waals surface area contributed by atoms with Crippen LogP contribution in [0.4, 0.5) is 5.69 Å². The van der Waals surface area contributed by atoms with Crippen LogP contribution in [-0.4, -0.2) is 30.3 Å². The molecule has 0 aromatic heterocycles. The Labute approximate surface area is 129 Å². The fourth-order valence-corrected chi connectivity index (χ4v) is 1.67. The zero-order valence-electron chi connectivity index (χ0n) is 12.8. The predicted molar refractivity (Wildman–Crippen MR) is 84.0 cm³/mol. The number of hydrogen-bond donors (Lipinski definition) is 4. The largest absolute Gasteiger partial charge is 0.370 e. The molecule has 0 aliphatic carbocycles. The van der Waals surface area contributed by atoms with Gasteiger partial charge in [0.25, 0.3) is 5.91 Å². The van der Waals surface area contributed by atoms with Crippen LogP contribution in [0, 0.1) is 5.92 Å². The van der Waals surface area contributed by atoms with Gasteiger partial charge in [-0.25, -0.2) is 0 Å². The van der Waals surface area contributed by atoms with E-state index < -0.39 is 5.91 Å². The highest BCUT2D eigenvalue weighted by Crippen LogP contribution is 2.16. The van der Waals surface area contributed by atoms with Gasteiger partial charge >= 0.3 is 0 Å². The van der Waals surface area contributed by atoms with E-state index in [1.54, 1.807) is 38.1 Å². The van der Waals surface area contributed by atoms with Crippen molar-refractivity contribution in [1.29, 1.82) is 0 Å². The third-order valence-electron chi connectivity index (χ3n) is 3.29. The fourth-order valence-electron chi connectivity index (χ4n) is 1.67. The van der Waals surface area contributed by atoms with Gasteiger partial charge in [0.15, 0.2) is 0 Å². The van der Waals surface area contributed by atoms with E-state index in [0.717, 1.165) is 0 Å². The molecule has 7 heteroatoms. The minimum atomic E-state index is -0.493. The van der Waals surface area contributed by atoms with E-state index in [4.69, 9.17) is 11.5 Å². The molecule has 1 rings (SSSR count). The Morgan fingerprint density at radius 2 is 1.82 bits per heavy atom. The van der Waals surface area contributed by atoms with Crippen LogP contribution in [0.15, 0.2) is 24.3 Å². The van der Waals surface area contributed by atoms with Gasteiger partial charge < -0.3 is 22.1 Å². The highest BCUT2D eigenvalue weighted by atomic mass is 16.2. The fraction of sp³-hybridized carbons (Fsp3) is 0.400. The molecule has 0 radical (unpaired) electrons. The monoisotopic (exact) mass is 306 g/mol. The lowest BCUT2D eigenvalue weighted by atomic mass is 10.0. The van der Waals surface area contributed by atoms with E-state index in [-0.39, 0.29) is 36.7 Å². The lowest BCUT2D eigenvalue weighted by Crippen LogP contribution is -2.35. The minimum Gasteiger partial charge on any atom is -0.370 e. The second-order valence-electron chi connectivity index (χ2n) is 5.15.